The average Bonchev–Trinajstić information content (AvgIpc) is 2.35. The van der Waals surface area contributed by atoms with Gasteiger partial charge in [0.15, 0.2) is 0 Å². The third-order valence-electron chi connectivity index (χ3n) is 2.53. The summed E-state index contributed by atoms with van der Waals surface area (Å²) >= 11 is 0. The van der Waals surface area contributed by atoms with Crippen LogP contribution < -0.4 is 5.73 Å². The summed E-state index contributed by atoms with van der Waals surface area (Å²) in [6.07, 6.45) is -12.7. The first-order valence-electron chi connectivity index (χ1n) is 5.00. The largest absolute Gasteiger partial charge is 0.460 e. The van der Waals surface area contributed by atoms with Gasteiger partial charge >= 0.3 is 35.8 Å². The van der Waals surface area contributed by atoms with E-state index in [4.69, 9.17) is 0 Å². The number of carbonyl (C=O) groups excluding carboxylic acids is 1. The maximum Gasteiger partial charge on any atom is 0.460 e. The van der Waals surface area contributed by atoms with Crippen LogP contribution in [0.15, 0.2) is 0 Å². The normalized spacial score (nSPS) is 16.9. The Labute approximate surface area is 121 Å². The SMILES string of the molecule is NC(=O)C(F)C(F)(F)C(F)(F)C(F)(F)C(F)(F)C(F)(F)C(F)(F)F. The zero-order valence-electron chi connectivity index (χ0n) is 10.4. The van der Waals surface area contributed by atoms with Gasteiger partial charge in [0, 0.05) is 0 Å². The molecule has 0 aliphatic carbocycles. The predicted molar refractivity (Wildman–Crippen MR) is 44.9 cm³/mol. The Kier molecular flexibility index (Phi) is 5.16. The molecule has 2 N–H and O–H groups in total. The molecule has 16 heteroatoms. The van der Waals surface area contributed by atoms with Gasteiger partial charge in [-0.25, -0.2) is 4.39 Å². The van der Waals surface area contributed by atoms with Crippen LogP contribution in [-0.4, -0.2) is 47.9 Å². The van der Waals surface area contributed by atoms with Gasteiger partial charge in [0.1, 0.15) is 0 Å². The quantitative estimate of drug-likeness (QED) is 0.687. The Morgan fingerprint density at radius 3 is 1.17 bits per heavy atom. The highest BCUT2D eigenvalue weighted by Gasteiger charge is 2.91. The number of hydrogen-bond acceptors (Lipinski definition) is 1. The summed E-state index contributed by atoms with van der Waals surface area (Å²) in [7, 11) is 0. The number of rotatable bonds is 6. The van der Waals surface area contributed by atoms with Gasteiger partial charge in [0.25, 0.3) is 5.91 Å². The molecule has 0 bridgehead atoms. The van der Waals surface area contributed by atoms with Crippen LogP contribution >= 0.6 is 0 Å². The first kappa shape index (κ1) is 22.5. The van der Waals surface area contributed by atoms with Gasteiger partial charge in [0.2, 0.25) is 6.17 Å². The Morgan fingerprint density at radius 1 is 0.625 bits per heavy atom. The lowest BCUT2D eigenvalue weighted by atomic mass is 9.92. The molecule has 0 spiro atoms. The number of hydrogen-bond donors (Lipinski definition) is 1. The number of primary amides is 1. The van der Waals surface area contributed by atoms with Crippen LogP contribution in [0.1, 0.15) is 0 Å². The molecule has 24 heavy (non-hydrogen) atoms. The third kappa shape index (κ3) is 2.72. The molecule has 0 aromatic rings. The van der Waals surface area contributed by atoms with Crippen molar-refractivity contribution in [2.24, 2.45) is 5.73 Å². The van der Waals surface area contributed by atoms with E-state index in [0.717, 1.165) is 0 Å². The molecular weight excluding hydrogens is 392 g/mol. The first-order chi connectivity index (χ1) is 10.1. The topological polar surface area (TPSA) is 43.1 Å². The van der Waals surface area contributed by atoms with Crippen LogP contribution in [-0.2, 0) is 4.79 Å². The van der Waals surface area contributed by atoms with Crippen LogP contribution in [0.5, 0.6) is 0 Å². The van der Waals surface area contributed by atoms with E-state index in [1.807, 2.05) is 0 Å². The Bertz CT molecular complexity index is 493. The second-order valence-corrected chi connectivity index (χ2v) is 4.18. The van der Waals surface area contributed by atoms with Crippen LogP contribution in [0.25, 0.3) is 0 Å². The molecule has 0 aliphatic heterocycles. The van der Waals surface area contributed by atoms with E-state index in [1.54, 1.807) is 0 Å². The van der Waals surface area contributed by atoms with E-state index in [1.165, 1.54) is 0 Å². The molecular formula is C8H3F14NO. The van der Waals surface area contributed by atoms with Crippen molar-refractivity contribution in [3.8, 4) is 0 Å². The second-order valence-electron chi connectivity index (χ2n) is 4.18. The summed E-state index contributed by atoms with van der Waals surface area (Å²) < 4.78 is 175. The summed E-state index contributed by atoms with van der Waals surface area (Å²) in [5.74, 6) is -42.3. The molecule has 1 unspecified atom stereocenters. The lowest BCUT2D eigenvalue weighted by Gasteiger charge is -2.39. The third-order valence-corrected chi connectivity index (χ3v) is 2.53. The maximum atomic E-state index is 12.9. The second kappa shape index (κ2) is 5.50. The summed E-state index contributed by atoms with van der Waals surface area (Å²) in [5, 5.41) is 0. The van der Waals surface area contributed by atoms with Gasteiger partial charge in [0.05, 0.1) is 0 Å². The fraction of sp³-hybridized carbons (Fsp3) is 0.875. The van der Waals surface area contributed by atoms with Crippen LogP contribution in [0, 0.1) is 0 Å². The standard InChI is InChI=1S/C8H3F14NO/c9-1(2(23)24)3(10,11)4(12,13)5(14,15)6(16,17)7(18,19)8(20,21)22/h1H,(H2,23,24). The van der Waals surface area contributed by atoms with E-state index >= 15 is 0 Å². The van der Waals surface area contributed by atoms with Crippen LogP contribution in [0.4, 0.5) is 61.5 Å². The fourth-order valence-electron chi connectivity index (χ4n) is 1.12. The van der Waals surface area contributed by atoms with Crippen molar-refractivity contribution in [2.45, 2.75) is 42.0 Å². The fourth-order valence-corrected chi connectivity index (χ4v) is 1.12. The van der Waals surface area contributed by atoms with Crippen molar-refractivity contribution >= 4 is 5.91 Å². The zero-order valence-corrected chi connectivity index (χ0v) is 10.4. The van der Waals surface area contributed by atoms with Gasteiger partial charge in [-0.2, -0.15) is 57.1 Å². The number of amides is 1. The van der Waals surface area contributed by atoms with E-state index in [9.17, 15) is 66.3 Å². The maximum absolute atomic E-state index is 12.9. The van der Waals surface area contributed by atoms with E-state index in [2.05, 4.69) is 5.73 Å². The van der Waals surface area contributed by atoms with Crippen molar-refractivity contribution in [3.63, 3.8) is 0 Å². The molecule has 0 fully saturated rings. The predicted octanol–water partition coefficient (Wildman–Crippen LogP) is 3.55. The lowest BCUT2D eigenvalue weighted by Crippen LogP contribution is -2.72. The molecule has 0 aliphatic rings. The van der Waals surface area contributed by atoms with E-state index in [0.29, 0.717) is 0 Å². The summed E-state index contributed by atoms with van der Waals surface area (Å²) in [4.78, 5) is 10.00. The van der Waals surface area contributed by atoms with Crippen molar-refractivity contribution in [2.75, 3.05) is 0 Å². The summed E-state index contributed by atoms with van der Waals surface area (Å²) in [5.41, 5.74) is 3.74. The molecule has 0 saturated carbocycles. The lowest BCUT2D eigenvalue weighted by molar-refractivity contribution is -0.441. The minimum Gasteiger partial charge on any atom is -0.367 e. The Balaban J connectivity index is 6.36. The Morgan fingerprint density at radius 2 is 0.917 bits per heavy atom. The van der Waals surface area contributed by atoms with Crippen LogP contribution in [0.3, 0.4) is 0 Å². The molecule has 0 saturated heterocycles. The van der Waals surface area contributed by atoms with Crippen molar-refractivity contribution in [3.05, 3.63) is 0 Å². The van der Waals surface area contributed by atoms with Gasteiger partial charge in [-0.05, 0) is 0 Å². The number of carbonyl (C=O) groups is 1. The number of nitrogens with two attached hydrogens (primary N) is 1. The smallest absolute Gasteiger partial charge is 0.367 e. The molecule has 1 amide bonds. The van der Waals surface area contributed by atoms with E-state index in [-0.39, 0.29) is 0 Å². The zero-order chi connectivity index (χ0) is 20.2. The highest BCUT2D eigenvalue weighted by atomic mass is 19.4. The summed E-state index contributed by atoms with van der Waals surface area (Å²) in [6, 6.07) is 0. The monoisotopic (exact) mass is 395 g/mol. The molecule has 0 aromatic heterocycles. The van der Waals surface area contributed by atoms with Gasteiger partial charge < -0.3 is 5.73 Å². The minimum atomic E-state index is -8.15. The molecule has 2 nitrogen and oxygen atoms in total. The molecule has 0 radical (unpaired) electrons. The first-order valence-corrected chi connectivity index (χ1v) is 5.00. The van der Waals surface area contributed by atoms with Gasteiger partial charge in [-0.3, -0.25) is 4.79 Å². The van der Waals surface area contributed by atoms with E-state index < -0.39 is 47.9 Å². The number of halogens is 14. The van der Waals surface area contributed by atoms with Crippen molar-refractivity contribution in [1.82, 2.24) is 0 Å². The number of alkyl halides is 14. The highest BCUT2D eigenvalue weighted by molar-refractivity contribution is 5.80. The Hall–Kier alpha value is -1.51. The molecule has 0 aromatic carbocycles. The van der Waals surface area contributed by atoms with Crippen LogP contribution in [0.2, 0.25) is 0 Å². The van der Waals surface area contributed by atoms with Gasteiger partial charge in [-0.15, -0.1) is 0 Å². The molecule has 0 heterocycles. The molecule has 0 rings (SSSR count). The molecule has 144 valence electrons. The minimum absolute atomic E-state index is 3.10. The van der Waals surface area contributed by atoms with Crippen molar-refractivity contribution < 1.29 is 66.3 Å². The highest BCUT2D eigenvalue weighted by Crippen LogP contribution is 2.60. The molecule has 1 atom stereocenters. The van der Waals surface area contributed by atoms with Gasteiger partial charge in [-0.1, -0.05) is 0 Å². The average molecular weight is 395 g/mol. The summed E-state index contributed by atoms with van der Waals surface area (Å²) in [6.45, 7) is 0. The van der Waals surface area contributed by atoms with Crippen molar-refractivity contribution in [1.29, 1.82) is 0 Å².